The molecule has 0 amide bonds. The second-order valence-corrected chi connectivity index (χ2v) is 5.65. The summed E-state index contributed by atoms with van der Waals surface area (Å²) in [6, 6.07) is 14.5. The number of benzene rings is 1. The van der Waals surface area contributed by atoms with E-state index in [0.29, 0.717) is 30.9 Å². The summed E-state index contributed by atoms with van der Waals surface area (Å²) >= 11 is 0. The van der Waals surface area contributed by atoms with Crippen molar-refractivity contribution < 1.29 is 4.42 Å². The molecule has 0 aliphatic heterocycles. The summed E-state index contributed by atoms with van der Waals surface area (Å²) < 4.78 is 5.40. The van der Waals surface area contributed by atoms with Gasteiger partial charge in [0.25, 0.3) is 5.56 Å². The number of nitrogens with zero attached hydrogens (tertiary/aromatic N) is 2. The lowest BCUT2D eigenvalue weighted by Crippen LogP contribution is -2.28. The number of hydrogen-bond donors (Lipinski definition) is 2. The molecular formula is C18H16N4O3. The molecule has 0 bridgehead atoms. The van der Waals surface area contributed by atoms with Crippen molar-refractivity contribution in [1.29, 1.82) is 5.26 Å². The first-order valence-electron chi connectivity index (χ1n) is 7.69. The van der Waals surface area contributed by atoms with Crippen LogP contribution in [0.2, 0.25) is 0 Å². The van der Waals surface area contributed by atoms with Gasteiger partial charge in [0.1, 0.15) is 5.76 Å². The van der Waals surface area contributed by atoms with E-state index < -0.39 is 11.2 Å². The number of aromatic amines is 2. The number of nitrogens with one attached hydrogen (secondary N) is 2. The van der Waals surface area contributed by atoms with E-state index in [0.717, 1.165) is 11.3 Å². The highest BCUT2D eigenvalue weighted by Crippen LogP contribution is 2.14. The van der Waals surface area contributed by atoms with Gasteiger partial charge in [-0.2, -0.15) is 5.26 Å². The number of furan rings is 1. The van der Waals surface area contributed by atoms with Crippen molar-refractivity contribution in [1.82, 2.24) is 14.9 Å². The zero-order valence-corrected chi connectivity index (χ0v) is 13.4. The Balaban J connectivity index is 1.85. The topological polar surface area (TPSA) is 106 Å². The molecular weight excluding hydrogens is 320 g/mol. The van der Waals surface area contributed by atoms with Crippen LogP contribution in [0.3, 0.4) is 0 Å². The van der Waals surface area contributed by atoms with Gasteiger partial charge in [-0.15, -0.1) is 0 Å². The Bertz CT molecular complexity index is 968. The highest BCUT2D eigenvalue weighted by molar-refractivity contribution is 5.32. The molecule has 2 N–H and O–H groups in total. The average Bonchev–Trinajstić information content (AvgIpc) is 3.07. The summed E-state index contributed by atoms with van der Waals surface area (Å²) in [6.45, 7) is 1.39. The second-order valence-electron chi connectivity index (χ2n) is 5.65. The molecule has 0 aliphatic rings. The smallest absolute Gasteiger partial charge is 0.325 e. The first-order valence-corrected chi connectivity index (χ1v) is 7.69. The van der Waals surface area contributed by atoms with Crippen LogP contribution in [-0.2, 0) is 19.6 Å². The first-order chi connectivity index (χ1) is 12.1. The SMILES string of the molecule is N#Cc1cccc(CN(Cc2cc(=O)[nH]c(=O)[nH]2)Cc2ccco2)c1. The van der Waals surface area contributed by atoms with E-state index in [1.165, 1.54) is 6.07 Å². The first kappa shape index (κ1) is 16.5. The minimum atomic E-state index is -0.535. The molecule has 25 heavy (non-hydrogen) atoms. The predicted molar refractivity (Wildman–Crippen MR) is 90.5 cm³/mol. The van der Waals surface area contributed by atoms with Gasteiger partial charge in [0, 0.05) is 24.8 Å². The third-order valence-electron chi connectivity index (χ3n) is 3.63. The fourth-order valence-corrected chi connectivity index (χ4v) is 2.63. The lowest BCUT2D eigenvalue weighted by atomic mass is 10.1. The van der Waals surface area contributed by atoms with Crippen LogP contribution >= 0.6 is 0 Å². The molecule has 7 heteroatoms. The summed E-state index contributed by atoms with van der Waals surface area (Å²) in [5, 5.41) is 9.04. The maximum absolute atomic E-state index is 11.5. The molecule has 0 aliphatic carbocycles. The van der Waals surface area contributed by atoms with Gasteiger partial charge in [0.15, 0.2) is 0 Å². The minimum absolute atomic E-state index is 0.358. The van der Waals surface area contributed by atoms with Gasteiger partial charge in [0.05, 0.1) is 24.4 Å². The maximum atomic E-state index is 11.5. The lowest BCUT2D eigenvalue weighted by Gasteiger charge is -2.21. The molecule has 0 atom stereocenters. The Morgan fingerprint density at radius 3 is 2.64 bits per heavy atom. The standard InChI is InChI=1S/C18H16N4O3/c19-9-13-3-1-4-14(7-13)10-22(12-16-5-2-6-25-16)11-15-8-17(23)21-18(24)20-15/h1-8H,10-12H2,(H2,20,21,23,24). The number of H-pyrrole nitrogens is 2. The van der Waals surface area contributed by atoms with Crippen molar-refractivity contribution in [3.8, 4) is 6.07 Å². The largest absolute Gasteiger partial charge is 0.468 e. The van der Waals surface area contributed by atoms with Crippen molar-refractivity contribution >= 4 is 0 Å². The van der Waals surface area contributed by atoms with Gasteiger partial charge in [-0.1, -0.05) is 12.1 Å². The number of hydrogen-bond acceptors (Lipinski definition) is 5. The third kappa shape index (κ3) is 4.56. The van der Waals surface area contributed by atoms with Gasteiger partial charge in [-0.05, 0) is 29.8 Å². The molecule has 0 unspecified atom stereocenters. The molecule has 1 aromatic carbocycles. The molecule has 0 saturated heterocycles. The molecule has 0 saturated carbocycles. The highest BCUT2D eigenvalue weighted by Gasteiger charge is 2.11. The molecule has 2 aromatic heterocycles. The highest BCUT2D eigenvalue weighted by atomic mass is 16.3. The van der Waals surface area contributed by atoms with Crippen LogP contribution in [0, 0.1) is 11.3 Å². The third-order valence-corrected chi connectivity index (χ3v) is 3.63. The quantitative estimate of drug-likeness (QED) is 0.713. The van der Waals surface area contributed by atoms with Crippen molar-refractivity contribution in [2.45, 2.75) is 19.6 Å². The van der Waals surface area contributed by atoms with Crippen LogP contribution in [0.1, 0.15) is 22.6 Å². The Hall–Kier alpha value is -3.37. The van der Waals surface area contributed by atoms with Gasteiger partial charge >= 0.3 is 5.69 Å². The van der Waals surface area contributed by atoms with Gasteiger partial charge in [0.2, 0.25) is 0 Å². The minimum Gasteiger partial charge on any atom is -0.468 e. The van der Waals surface area contributed by atoms with E-state index in [1.807, 2.05) is 29.2 Å². The van der Waals surface area contributed by atoms with Crippen LogP contribution in [0.5, 0.6) is 0 Å². The zero-order valence-electron chi connectivity index (χ0n) is 13.4. The summed E-state index contributed by atoms with van der Waals surface area (Å²) in [4.78, 5) is 29.8. The average molecular weight is 336 g/mol. The van der Waals surface area contributed by atoms with Crippen molar-refractivity contribution in [2.24, 2.45) is 0 Å². The van der Waals surface area contributed by atoms with E-state index in [1.54, 1.807) is 18.4 Å². The zero-order chi connectivity index (χ0) is 17.6. The van der Waals surface area contributed by atoms with Crippen LogP contribution in [0.25, 0.3) is 0 Å². The summed E-state index contributed by atoms with van der Waals surface area (Å²) in [6.07, 6.45) is 1.60. The van der Waals surface area contributed by atoms with E-state index in [-0.39, 0.29) is 0 Å². The van der Waals surface area contributed by atoms with Crippen LogP contribution in [0.15, 0.2) is 62.7 Å². The van der Waals surface area contributed by atoms with E-state index in [9.17, 15) is 9.59 Å². The van der Waals surface area contributed by atoms with Crippen LogP contribution < -0.4 is 11.2 Å². The normalized spacial score (nSPS) is 10.7. The summed E-state index contributed by atoms with van der Waals surface area (Å²) in [7, 11) is 0. The fourth-order valence-electron chi connectivity index (χ4n) is 2.63. The molecule has 126 valence electrons. The van der Waals surface area contributed by atoms with E-state index >= 15 is 0 Å². The lowest BCUT2D eigenvalue weighted by molar-refractivity contribution is 0.224. The molecule has 7 nitrogen and oxygen atoms in total. The Morgan fingerprint density at radius 1 is 1.04 bits per heavy atom. The molecule has 0 spiro atoms. The number of aromatic nitrogens is 2. The van der Waals surface area contributed by atoms with Crippen molar-refractivity contribution in [3.05, 3.63) is 92.1 Å². The maximum Gasteiger partial charge on any atom is 0.325 e. The van der Waals surface area contributed by atoms with E-state index in [2.05, 4.69) is 16.0 Å². The van der Waals surface area contributed by atoms with Crippen LogP contribution in [0.4, 0.5) is 0 Å². The monoisotopic (exact) mass is 336 g/mol. The second kappa shape index (κ2) is 7.47. The summed E-state index contributed by atoms with van der Waals surface area (Å²) in [5.74, 6) is 0.767. The molecule has 2 heterocycles. The van der Waals surface area contributed by atoms with Crippen molar-refractivity contribution in [3.63, 3.8) is 0 Å². The number of nitriles is 1. The number of rotatable bonds is 6. The molecule has 0 radical (unpaired) electrons. The van der Waals surface area contributed by atoms with E-state index in [4.69, 9.17) is 9.68 Å². The van der Waals surface area contributed by atoms with Gasteiger partial charge in [-0.25, -0.2) is 4.79 Å². The molecule has 0 fully saturated rings. The van der Waals surface area contributed by atoms with Gasteiger partial charge in [-0.3, -0.25) is 14.7 Å². The van der Waals surface area contributed by atoms with Crippen molar-refractivity contribution in [2.75, 3.05) is 0 Å². The fraction of sp³-hybridized carbons (Fsp3) is 0.167. The molecule has 3 aromatic rings. The van der Waals surface area contributed by atoms with Gasteiger partial charge < -0.3 is 9.40 Å². The molecule has 3 rings (SSSR count). The Kier molecular flexibility index (Phi) is 4.92. The Labute approximate surface area is 143 Å². The Morgan fingerprint density at radius 2 is 1.92 bits per heavy atom. The summed E-state index contributed by atoms with van der Waals surface area (Å²) in [5.41, 5.74) is 1.07. The predicted octanol–water partition coefficient (Wildman–Crippen LogP) is 1.73. The van der Waals surface area contributed by atoms with Crippen LogP contribution in [-0.4, -0.2) is 14.9 Å².